The predicted molar refractivity (Wildman–Crippen MR) is 175 cm³/mol. The van der Waals surface area contributed by atoms with E-state index in [0.29, 0.717) is 37.6 Å². The minimum Gasteiger partial charge on any atom is -0.493 e. The molecule has 0 bridgehead atoms. The zero-order valence-electron chi connectivity index (χ0n) is 28.7. The van der Waals surface area contributed by atoms with Crippen LogP contribution in [-0.2, 0) is 41.6 Å². The van der Waals surface area contributed by atoms with E-state index in [0.717, 1.165) is 17.5 Å². The molecule has 0 amide bonds. The first kappa shape index (κ1) is 37.8. The molecule has 0 radical (unpaired) electrons. The van der Waals surface area contributed by atoms with Crippen LogP contribution in [0.5, 0.6) is 11.5 Å². The molecule has 3 atom stereocenters. The van der Waals surface area contributed by atoms with E-state index in [4.69, 9.17) is 23.7 Å². The first-order valence-electron chi connectivity index (χ1n) is 16.0. The second kappa shape index (κ2) is 18.5. The van der Waals surface area contributed by atoms with Crippen molar-refractivity contribution in [1.29, 1.82) is 0 Å². The Labute approximate surface area is 270 Å². The summed E-state index contributed by atoms with van der Waals surface area (Å²) in [4.78, 5) is 40.6. The molecule has 0 aliphatic heterocycles. The third-order valence-electron chi connectivity index (χ3n) is 7.79. The van der Waals surface area contributed by atoms with Crippen LogP contribution in [-0.4, -0.2) is 50.8 Å². The van der Waals surface area contributed by atoms with Crippen LogP contribution in [0.3, 0.4) is 0 Å². The standard InChI is InChI=1S/C37H54O8/c1-25(2)29(20-28-16-17-33(42-9)34(21-28)43-19-13-18-41-8)22-31(36(40)45-37(5,6)7)32(38)23-30(26(3)4)35(39)44-24-27-14-11-10-12-15-27/h10-12,14-17,21,25-26,29-31H,13,18-20,22-24H2,1-9H3/t29-,30-,31?/m0/s1. The second-order valence-electron chi connectivity index (χ2n) is 13.3. The van der Waals surface area contributed by atoms with Gasteiger partial charge in [0.1, 0.15) is 23.9 Å². The van der Waals surface area contributed by atoms with E-state index >= 15 is 0 Å². The van der Waals surface area contributed by atoms with E-state index in [2.05, 4.69) is 13.8 Å². The van der Waals surface area contributed by atoms with E-state index < -0.39 is 29.4 Å². The molecule has 2 aromatic carbocycles. The third kappa shape index (κ3) is 13.2. The lowest BCUT2D eigenvalue weighted by Gasteiger charge is -2.29. The van der Waals surface area contributed by atoms with Gasteiger partial charge in [-0.05, 0) is 74.6 Å². The number of Topliss-reactive ketones (excluding diaryl/α,β-unsaturated/α-hetero) is 1. The van der Waals surface area contributed by atoms with E-state index in [1.54, 1.807) is 35.0 Å². The summed E-state index contributed by atoms with van der Waals surface area (Å²) >= 11 is 0. The highest BCUT2D eigenvalue weighted by atomic mass is 16.6. The minimum atomic E-state index is -1.01. The van der Waals surface area contributed by atoms with Crippen molar-refractivity contribution in [3.05, 3.63) is 59.7 Å². The smallest absolute Gasteiger partial charge is 0.317 e. The van der Waals surface area contributed by atoms with Crippen LogP contribution in [0.1, 0.15) is 78.9 Å². The summed E-state index contributed by atoms with van der Waals surface area (Å²) < 4.78 is 28.0. The summed E-state index contributed by atoms with van der Waals surface area (Å²) in [7, 11) is 3.26. The number of hydrogen-bond donors (Lipinski definition) is 0. The number of ketones is 1. The molecule has 0 aliphatic carbocycles. The number of benzene rings is 2. The summed E-state index contributed by atoms with van der Waals surface area (Å²) in [6.07, 6.45) is 1.57. The Balaban J connectivity index is 2.27. The zero-order valence-corrected chi connectivity index (χ0v) is 28.7. The molecule has 0 saturated heterocycles. The Kier molecular flexibility index (Phi) is 15.6. The number of rotatable bonds is 19. The summed E-state index contributed by atoms with van der Waals surface area (Å²) in [6, 6.07) is 15.2. The van der Waals surface area contributed by atoms with E-state index in [9.17, 15) is 14.4 Å². The highest BCUT2D eigenvalue weighted by Crippen LogP contribution is 2.33. The van der Waals surface area contributed by atoms with Gasteiger partial charge in [0.05, 0.1) is 19.6 Å². The van der Waals surface area contributed by atoms with E-state index in [1.807, 2.05) is 62.4 Å². The highest BCUT2D eigenvalue weighted by molar-refractivity contribution is 6.00. The van der Waals surface area contributed by atoms with Crippen LogP contribution in [0.4, 0.5) is 0 Å². The van der Waals surface area contributed by atoms with Crippen molar-refractivity contribution in [3.8, 4) is 11.5 Å². The molecule has 8 nitrogen and oxygen atoms in total. The van der Waals surface area contributed by atoms with Crippen molar-refractivity contribution in [2.45, 2.75) is 86.4 Å². The Morgan fingerprint density at radius 1 is 0.800 bits per heavy atom. The number of ether oxygens (including phenoxy) is 5. The first-order chi connectivity index (χ1) is 21.2. The van der Waals surface area contributed by atoms with Gasteiger partial charge in [0, 0.05) is 26.6 Å². The molecule has 0 heterocycles. The van der Waals surface area contributed by atoms with Gasteiger partial charge < -0.3 is 23.7 Å². The first-order valence-corrected chi connectivity index (χ1v) is 16.0. The summed E-state index contributed by atoms with van der Waals surface area (Å²) in [6.45, 7) is 14.5. The molecule has 0 aromatic heterocycles. The lowest BCUT2D eigenvalue weighted by Crippen LogP contribution is -2.37. The summed E-state index contributed by atoms with van der Waals surface area (Å²) in [5, 5.41) is 0. The highest BCUT2D eigenvalue weighted by Gasteiger charge is 2.37. The topological polar surface area (TPSA) is 97.4 Å². The molecular formula is C37H54O8. The van der Waals surface area contributed by atoms with Crippen LogP contribution in [0, 0.1) is 29.6 Å². The SMILES string of the molecule is COCCCOc1cc(C[C@@H](CC(C(=O)C[C@H](C(=O)OCc2ccccc2)C(C)C)C(=O)OC(C)(C)C)C(C)C)ccc1OC. The van der Waals surface area contributed by atoms with Crippen LogP contribution in [0.25, 0.3) is 0 Å². The fraction of sp³-hybridized carbons (Fsp3) is 0.595. The average Bonchev–Trinajstić information content (AvgIpc) is 2.98. The fourth-order valence-corrected chi connectivity index (χ4v) is 5.06. The fourth-order valence-electron chi connectivity index (χ4n) is 5.06. The maximum absolute atomic E-state index is 13.9. The summed E-state index contributed by atoms with van der Waals surface area (Å²) in [5.74, 6) is -1.74. The molecule has 0 saturated carbocycles. The molecule has 0 N–H and O–H groups in total. The maximum atomic E-state index is 13.9. The van der Waals surface area contributed by atoms with Crippen LogP contribution in [0.15, 0.2) is 48.5 Å². The number of hydrogen-bond acceptors (Lipinski definition) is 8. The van der Waals surface area contributed by atoms with Gasteiger partial charge in [-0.3, -0.25) is 14.4 Å². The Hall–Kier alpha value is -3.39. The average molecular weight is 627 g/mol. The van der Waals surface area contributed by atoms with Gasteiger partial charge in [-0.25, -0.2) is 0 Å². The van der Waals surface area contributed by atoms with Gasteiger partial charge in [0.25, 0.3) is 0 Å². The van der Waals surface area contributed by atoms with Crippen molar-refractivity contribution in [2.75, 3.05) is 27.4 Å². The molecular weight excluding hydrogens is 572 g/mol. The van der Waals surface area contributed by atoms with Gasteiger partial charge >= 0.3 is 11.9 Å². The molecule has 8 heteroatoms. The Morgan fingerprint density at radius 3 is 2.07 bits per heavy atom. The predicted octanol–water partition coefficient (Wildman–Crippen LogP) is 7.25. The lowest BCUT2D eigenvalue weighted by molar-refractivity contribution is -0.164. The maximum Gasteiger partial charge on any atom is 0.317 e. The number of carbonyl (C=O) groups excluding carboxylic acids is 3. The normalized spacial score (nSPS) is 13.7. The van der Waals surface area contributed by atoms with Gasteiger partial charge in [-0.1, -0.05) is 64.1 Å². The second-order valence-corrected chi connectivity index (χ2v) is 13.3. The monoisotopic (exact) mass is 626 g/mol. The Bertz CT molecular complexity index is 1200. The number of methoxy groups -OCH3 is 2. The van der Waals surface area contributed by atoms with Crippen molar-refractivity contribution in [1.82, 2.24) is 0 Å². The van der Waals surface area contributed by atoms with Gasteiger partial charge in [-0.2, -0.15) is 0 Å². The van der Waals surface area contributed by atoms with Crippen molar-refractivity contribution in [3.63, 3.8) is 0 Å². The van der Waals surface area contributed by atoms with E-state index in [-0.39, 0.29) is 36.6 Å². The molecule has 0 aliphatic rings. The number of esters is 2. The molecule has 45 heavy (non-hydrogen) atoms. The Morgan fingerprint density at radius 2 is 1.49 bits per heavy atom. The number of carbonyl (C=O) groups is 3. The molecule has 0 spiro atoms. The zero-order chi connectivity index (χ0) is 33.6. The third-order valence-corrected chi connectivity index (χ3v) is 7.79. The van der Waals surface area contributed by atoms with Crippen molar-refractivity contribution in [2.24, 2.45) is 29.6 Å². The van der Waals surface area contributed by atoms with Crippen LogP contribution >= 0.6 is 0 Å². The molecule has 0 fully saturated rings. The van der Waals surface area contributed by atoms with Gasteiger partial charge in [0.15, 0.2) is 11.5 Å². The molecule has 250 valence electrons. The van der Waals surface area contributed by atoms with Gasteiger partial charge in [0.2, 0.25) is 0 Å². The van der Waals surface area contributed by atoms with Gasteiger partial charge in [-0.15, -0.1) is 0 Å². The quantitative estimate of drug-likeness (QED) is 0.0914. The summed E-state index contributed by atoms with van der Waals surface area (Å²) in [5.41, 5.74) is 1.12. The van der Waals surface area contributed by atoms with Crippen molar-refractivity contribution >= 4 is 17.7 Å². The van der Waals surface area contributed by atoms with E-state index in [1.165, 1.54) is 0 Å². The van der Waals surface area contributed by atoms with Crippen LogP contribution in [0.2, 0.25) is 0 Å². The van der Waals surface area contributed by atoms with Crippen LogP contribution < -0.4 is 9.47 Å². The molecule has 2 aromatic rings. The van der Waals surface area contributed by atoms with Crippen molar-refractivity contribution < 1.29 is 38.1 Å². The molecule has 2 rings (SSSR count). The molecule has 1 unspecified atom stereocenters. The lowest BCUT2D eigenvalue weighted by atomic mass is 9.78. The largest absolute Gasteiger partial charge is 0.493 e. The minimum absolute atomic E-state index is 0.0243.